The van der Waals surface area contributed by atoms with Gasteiger partial charge in [0.05, 0.1) is 11.4 Å². The van der Waals surface area contributed by atoms with Crippen molar-refractivity contribution in [2.75, 3.05) is 0 Å². The minimum Gasteiger partial charge on any atom is -0.324 e. The Morgan fingerprint density at radius 1 is 1.05 bits per heavy atom. The summed E-state index contributed by atoms with van der Waals surface area (Å²) in [7, 11) is 0. The van der Waals surface area contributed by atoms with E-state index in [1.807, 2.05) is 24.3 Å². The topological polar surface area (TPSA) is 20.3 Å². The third-order valence-corrected chi connectivity index (χ3v) is 5.43. The van der Waals surface area contributed by atoms with Crippen LogP contribution in [0.2, 0.25) is 0 Å². The van der Waals surface area contributed by atoms with Gasteiger partial charge in [0, 0.05) is 11.3 Å². The number of hydrogen-bond donors (Lipinski definition) is 0. The lowest BCUT2D eigenvalue weighted by atomic mass is 10.0. The first kappa shape index (κ1) is 15.2. The Labute approximate surface area is 136 Å². The van der Waals surface area contributed by atoms with Gasteiger partial charge in [0.1, 0.15) is 0 Å². The van der Waals surface area contributed by atoms with Crippen LogP contribution >= 0.6 is 11.8 Å². The Bertz CT molecular complexity index is 614. The molecule has 3 rings (SSSR count). The van der Waals surface area contributed by atoms with E-state index in [0.29, 0.717) is 6.42 Å². The molecule has 2 aromatic carbocycles. The number of thioether (sulfide) groups is 1. The fourth-order valence-electron chi connectivity index (χ4n) is 2.99. The standard InChI is InChI=1S/C19H21NOS/c1-15(16-9-4-2-5-10-16)20-18(21)13-8-14-19(20)22-17-11-6-3-7-12-17/h2-7,9-12,15,19H,8,13-14H2,1H3/t15-,19?/m0/s1. The van der Waals surface area contributed by atoms with Crippen LogP contribution in [0.15, 0.2) is 65.6 Å². The fourth-order valence-corrected chi connectivity index (χ4v) is 4.31. The van der Waals surface area contributed by atoms with Gasteiger partial charge in [0.25, 0.3) is 0 Å². The number of hydrogen-bond acceptors (Lipinski definition) is 2. The van der Waals surface area contributed by atoms with Gasteiger partial charge in [0.15, 0.2) is 0 Å². The van der Waals surface area contributed by atoms with Crippen molar-refractivity contribution in [2.45, 2.75) is 42.5 Å². The molecule has 1 unspecified atom stereocenters. The number of benzene rings is 2. The number of rotatable bonds is 4. The Morgan fingerprint density at radius 3 is 2.36 bits per heavy atom. The van der Waals surface area contributed by atoms with Crippen LogP contribution in [-0.4, -0.2) is 16.2 Å². The third kappa shape index (κ3) is 3.36. The average Bonchev–Trinajstić information content (AvgIpc) is 2.56. The van der Waals surface area contributed by atoms with Crippen molar-refractivity contribution < 1.29 is 4.79 Å². The lowest BCUT2D eigenvalue weighted by Crippen LogP contribution is -2.43. The Morgan fingerprint density at radius 2 is 1.68 bits per heavy atom. The molecule has 3 heteroatoms. The molecule has 2 atom stereocenters. The molecule has 1 heterocycles. The summed E-state index contributed by atoms with van der Waals surface area (Å²) < 4.78 is 0. The summed E-state index contributed by atoms with van der Waals surface area (Å²) in [6.07, 6.45) is 2.72. The van der Waals surface area contributed by atoms with Gasteiger partial charge in [-0.05, 0) is 37.5 Å². The van der Waals surface area contributed by atoms with E-state index in [1.54, 1.807) is 11.8 Å². The summed E-state index contributed by atoms with van der Waals surface area (Å²) in [5.41, 5.74) is 1.21. The van der Waals surface area contributed by atoms with Crippen LogP contribution in [0.25, 0.3) is 0 Å². The van der Waals surface area contributed by atoms with E-state index in [4.69, 9.17) is 0 Å². The van der Waals surface area contributed by atoms with Gasteiger partial charge in [-0.3, -0.25) is 4.79 Å². The predicted octanol–water partition coefficient (Wildman–Crippen LogP) is 4.88. The molecule has 0 N–H and O–H groups in total. The third-order valence-electron chi connectivity index (χ3n) is 4.15. The van der Waals surface area contributed by atoms with Gasteiger partial charge in [-0.1, -0.05) is 48.5 Å². The second kappa shape index (κ2) is 7.01. The van der Waals surface area contributed by atoms with E-state index >= 15 is 0 Å². The first-order valence-electron chi connectivity index (χ1n) is 7.83. The van der Waals surface area contributed by atoms with Crippen molar-refractivity contribution in [1.82, 2.24) is 4.90 Å². The zero-order valence-corrected chi connectivity index (χ0v) is 13.6. The summed E-state index contributed by atoms with van der Waals surface area (Å²) in [5, 5.41) is 0.221. The summed E-state index contributed by atoms with van der Waals surface area (Å²) in [4.78, 5) is 15.8. The number of nitrogens with zero attached hydrogens (tertiary/aromatic N) is 1. The largest absolute Gasteiger partial charge is 0.324 e. The van der Waals surface area contributed by atoms with Crippen LogP contribution in [0.3, 0.4) is 0 Å². The number of carbonyl (C=O) groups is 1. The maximum Gasteiger partial charge on any atom is 0.223 e. The summed E-state index contributed by atoms with van der Waals surface area (Å²) in [6.45, 7) is 2.14. The molecule has 2 aromatic rings. The second-order valence-electron chi connectivity index (χ2n) is 5.67. The predicted molar refractivity (Wildman–Crippen MR) is 91.6 cm³/mol. The van der Waals surface area contributed by atoms with Gasteiger partial charge >= 0.3 is 0 Å². The van der Waals surface area contributed by atoms with E-state index in [1.165, 1.54) is 10.5 Å². The van der Waals surface area contributed by atoms with Gasteiger partial charge in [-0.2, -0.15) is 0 Å². The highest BCUT2D eigenvalue weighted by atomic mass is 32.2. The molecule has 1 saturated heterocycles. The Hall–Kier alpha value is -1.74. The second-order valence-corrected chi connectivity index (χ2v) is 6.92. The minimum absolute atomic E-state index is 0.121. The molecule has 0 radical (unpaired) electrons. The van der Waals surface area contributed by atoms with E-state index in [9.17, 15) is 4.79 Å². The lowest BCUT2D eigenvalue weighted by molar-refractivity contribution is -0.136. The fraction of sp³-hybridized carbons (Fsp3) is 0.316. The van der Waals surface area contributed by atoms with Crippen LogP contribution in [0.4, 0.5) is 0 Å². The molecular weight excluding hydrogens is 290 g/mol. The highest BCUT2D eigenvalue weighted by molar-refractivity contribution is 7.99. The van der Waals surface area contributed by atoms with E-state index < -0.39 is 0 Å². The maximum absolute atomic E-state index is 12.5. The molecule has 0 aromatic heterocycles. The molecule has 0 spiro atoms. The van der Waals surface area contributed by atoms with Crippen LogP contribution in [0, 0.1) is 0 Å². The zero-order valence-electron chi connectivity index (χ0n) is 12.8. The van der Waals surface area contributed by atoms with Gasteiger partial charge < -0.3 is 4.90 Å². The quantitative estimate of drug-likeness (QED) is 0.802. The van der Waals surface area contributed by atoms with E-state index in [0.717, 1.165) is 12.8 Å². The van der Waals surface area contributed by atoms with Crippen molar-refractivity contribution in [3.05, 3.63) is 66.2 Å². The molecule has 0 saturated carbocycles. The van der Waals surface area contributed by atoms with Crippen molar-refractivity contribution >= 4 is 17.7 Å². The molecule has 0 bridgehead atoms. The molecule has 1 aliphatic heterocycles. The van der Waals surface area contributed by atoms with Crippen LogP contribution in [-0.2, 0) is 4.79 Å². The number of piperidine rings is 1. The number of amides is 1. The normalized spacial score (nSPS) is 20.0. The minimum atomic E-state index is 0.121. The van der Waals surface area contributed by atoms with Crippen LogP contribution in [0.5, 0.6) is 0 Å². The SMILES string of the molecule is C[C@@H](c1ccccc1)N1C(=O)CCCC1Sc1ccccc1. The summed E-state index contributed by atoms with van der Waals surface area (Å²) >= 11 is 1.80. The zero-order chi connectivity index (χ0) is 15.4. The summed E-state index contributed by atoms with van der Waals surface area (Å²) in [6, 6.07) is 20.8. The van der Waals surface area contributed by atoms with Gasteiger partial charge in [0.2, 0.25) is 5.91 Å². The molecular formula is C19H21NOS. The highest BCUT2D eigenvalue weighted by Gasteiger charge is 2.32. The molecule has 1 fully saturated rings. The molecule has 2 nitrogen and oxygen atoms in total. The first-order valence-corrected chi connectivity index (χ1v) is 8.71. The monoisotopic (exact) mass is 311 g/mol. The number of carbonyl (C=O) groups excluding carboxylic acids is 1. The van der Waals surface area contributed by atoms with Crippen LogP contribution in [0.1, 0.15) is 37.8 Å². The molecule has 22 heavy (non-hydrogen) atoms. The average molecular weight is 311 g/mol. The number of likely N-dealkylation sites (tertiary alicyclic amines) is 1. The Kier molecular flexibility index (Phi) is 4.84. The van der Waals surface area contributed by atoms with Gasteiger partial charge in [-0.15, -0.1) is 11.8 Å². The molecule has 1 aliphatic rings. The van der Waals surface area contributed by atoms with Crippen molar-refractivity contribution in [2.24, 2.45) is 0 Å². The molecule has 114 valence electrons. The first-order chi connectivity index (χ1) is 10.8. The maximum atomic E-state index is 12.5. The van der Waals surface area contributed by atoms with Crippen molar-refractivity contribution in [1.29, 1.82) is 0 Å². The molecule has 1 amide bonds. The van der Waals surface area contributed by atoms with E-state index in [2.05, 4.69) is 48.2 Å². The highest BCUT2D eigenvalue weighted by Crippen LogP contribution is 2.37. The van der Waals surface area contributed by atoms with E-state index in [-0.39, 0.29) is 17.3 Å². The smallest absolute Gasteiger partial charge is 0.223 e. The molecule has 0 aliphatic carbocycles. The lowest BCUT2D eigenvalue weighted by Gasteiger charge is -2.39. The van der Waals surface area contributed by atoms with Gasteiger partial charge in [-0.25, -0.2) is 0 Å². The van der Waals surface area contributed by atoms with Crippen molar-refractivity contribution in [3.8, 4) is 0 Å². The Balaban J connectivity index is 1.82. The van der Waals surface area contributed by atoms with Crippen LogP contribution < -0.4 is 0 Å². The van der Waals surface area contributed by atoms with Crippen molar-refractivity contribution in [3.63, 3.8) is 0 Å². The summed E-state index contributed by atoms with van der Waals surface area (Å²) in [5.74, 6) is 0.274.